The third-order valence-corrected chi connectivity index (χ3v) is 2.87. The number of rotatable bonds is 3. The van der Waals surface area contributed by atoms with Crippen molar-refractivity contribution in [1.29, 1.82) is 0 Å². The number of hydrogen-bond donors (Lipinski definition) is 2. The molecule has 3 N–H and O–H groups in total. The molecule has 2 amide bonds. The maximum absolute atomic E-state index is 12.0. The summed E-state index contributed by atoms with van der Waals surface area (Å²) in [6.07, 6.45) is 0. The first kappa shape index (κ1) is 14.5. The van der Waals surface area contributed by atoms with Gasteiger partial charge in [-0.1, -0.05) is 6.07 Å². The fraction of sp³-hybridized carbons (Fsp3) is 0.231. The van der Waals surface area contributed by atoms with Crippen LogP contribution in [0.25, 0.3) is 0 Å². The second-order valence-electron chi connectivity index (χ2n) is 4.68. The summed E-state index contributed by atoms with van der Waals surface area (Å²) in [7, 11) is 3.31. The standard InChI is InChI=1S/C13H15N5O3/c1-7-4-5-8(13(20)18(2)3)6-9(7)15-12(19)10-11(14)17-21-16-10/h4-6H,1-3H3,(H2,14,17)(H,15,19). The molecular formula is C13H15N5O3. The Morgan fingerprint density at radius 1 is 1.29 bits per heavy atom. The van der Waals surface area contributed by atoms with Gasteiger partial charge in [0.05, 0.1) is 0 Å². The van der Waals surface area contributed by atoms with E-state index in [0.717, 1.165) is 5.56 Å². The van der Waals surface area contributed by atoms with Gasteiger partial charge in [-0.25, -0.2) is 4.63 Å². The van der Waals surface area contributed by atoms with E-state index >= 15 is 0 Å². The number of hydrogen-bond acceptors (Lipinski definition) is 6. The van der Waals surface area contributed by atoms with Gasteiger partial charge in [0.25, 0.3) is 11.8 Å². The largest absolute Gasteiger partial charge is 0.379 e. The minimum absolute atomic E-state index is 0.0920. The summed E-state index contributed by atoms with van der Waals surface area (Å²) in [5, 5.41) is 9.41. The average Bonchev–Trinajstić information content (AvgIpc) is 2.86. The maximum Gasteiger partial charge on any atom is 0.281 e. The molecule has 0 spiro atoms. The van der Waals surface area contributed by atoms with E-state index in [1.807, 2.05) is 6.92 Å². The quantitative estimate of drug-likeness (QED) is 0.868. The minimum atomic E-state index is -0.550. The maximum atomic E-state index is 12.0. The summed E-state index contributed by atoms with van der Waals surface area (Å²) in [6.45, 7) is 1.81. The SMILES string of the molecule is Cc1ccc(C(=O)N(C)C)cc1NC(=O)c1nonc1N. The fourth-order valence-corrected chi connectivity index (χ4v) is 1.68. The van der Waals surface area contributed by atoms with Gasteiger partial charge < -0.3 is 16.0 Å². The average molecular weight is 289 g/mol. The predicted octanol–water partition coefficient (Wildman–Crippen LogP) is 0.914. The van der Waals surface area contributed by atoms with Crippen molar-refractivity contribution in [3.05, 3.63) is 35.0 Å². The molecule has 0 aliphatic rings. The van der Waals surface area contributed by atoms with E-state index in [1.54, 1.807) is 32.3 Å². The number of amides is 2. The van der Waals surface area contributed by atoms with Crippen molar-refractivity contribution < 1.29 is 14.2 Å². The van der Waals surface area contributed by atoms with Crippen LogP contribution in [-0.4, -0.2) is 41.1 Å². The van der Waals surface area contributed by atoms with Crippen LogP contribution in [0.5, 0.6) is 0 Å². The van der Waals surface area contributed by atoms with E-state index in [9.17, 15) is 9.59 Å². The fourth-order valence-electron chi connectivity index (χ4n) is 1.68. The Hall–Kier alpha value is -2.90. The Morgan fingerprint density at radius 2 is 2.00 bits per heavy atom. The van der Waals surface area contributed by atoms with Crippen molar-refractivity contribution in [3.8, 4) is 0 Å². The molecule has 1 aromatic heterocycles. The van der Waals surface area contributed by atoms with Crippen molar-refractivity contribution in [3.63, 3.8) is 0 Å². The molecular weight excluding hydrogens is 274 g/mol. The Balaban J connectivity index is 2.28. The van der Waals surface area contributed by atoms with Gasteiger partial charge in [0.1, 0.15) is 0 Å². The molecule has 8 nitrogen and oxygen atoms in total. The number of nitrogens with one attached hydrogen (secondary N) is 1. The predicted molar refractivity (Wildman–Crippen MR) is 75.9 cm³/mol. The molecule has 0 aliphatic carbocycles. The first-order chi connectivity index (χ1) is 9.90. The molecule has 0 saturated heterocycles. The molecule has 110 valence electrons. The van der Waals surface area contributed by atoms with Gasteiger partial charge in [-0.3, -0.25) is 9.59 Å². The Kier molecular flexibility index (Phi) is 3.88. The van der Waals surface area contributed by atoms with Crippen LogP contribution in [0.4, 0.5) is 11.5 Å². The topological polar surface area (TPSA) is 114 Å². The van der Waals surface area contributed by atoms with Crippen LogP contribution in [-0.2, 0) is 0 Å². The molecule has 0 unspecified atom stereocenters. The van der Waals surface area contributed by atoms with Gasteiger partial charge in [-0.2, -0.15) is 0 Å². The number of carbonyl (C=O) groups is 2. The van der Waals surface area contributed by atoms with E-state index in [-0.39, 0.29) is 17.4 Å². The zero-order valence-corrected chi connectivity index (χ0v) is 11.9. The number of aromatic nitrogens is 2. The highest BCUT2D eigenvalue weighted by Crippen LogP contribution is 2.19. The molecule has 8 heteroatoms. The van der Waals surface area contributed by atoms with Crippen LogP contribution < -0.4 is 11.1 Å². The minimum Gasteiger partial charge on any atom is -0.379 e. The summed E-state index contributed by atoms with van der Waals surface area (Å²) in [5.74, 6) is -0.801. The molecule has 2 rings (SSSR count). The summed E-state index contributed by atoms with van der Waals surface area (Å²) < 4.78 is 4.38. The highest BCUT2D eigenvalue weighted by Gasteiger charge is 2.18. The van der Waals surface area contributed by atoms with Crippen molar-refractivity contribution in [2.24, 2.45) is 0 Å². The Bertz CT molecular complexity index is 693. The van der Waals surface area contributed by atoms with Crippen LogP contribution in [0, 0.1) is 6.92 Å². The van der Waals surface area contributed by atoms with Crippen LogP contribution in [0.2, 0.25) is 0 Å². The summed E-state index contributed by atoms with van der Waals surface area (Å²) in [6, 6.07) is 5.04. The van der Waals surface area contributed by atoms with E-state index in [1.165, 1.54) is 4.90 Å². The monoisotopic (exact) mass is 289 g/mol. The molecule has 0 atom stereocenters. The molecule has 1 heterocycles. The van der Waals surface area contributed by atoms with Crippen LogP contribution >= 0.6 is 0 Å². The van der Waals surface area contributed by atoms with Gasteiger partial charge >= 0.3 is 0 Å². The number of carbonyl (C=O) groups excluding carboxylic acids is 2. The molecule has 0 saturated carbocycles. The lowest BCUT2D eigenvalue weighted by atomic mass is 10.1. The zero-order valence-electron chi connectivity index (χ0n) is 11.9. The van der Waals surface area contributed by atoms with Crippen molar-refractivity contribution >= 4 is 23.3 Å². The molecule has 0 aliphatic heterocycles. The number of benzene rings is 1. The highest BCUT2D eigenvalue weighted by molar-refractivity contribution is 6.06. The second-order valence-corrected chi connectivity index (χ2v) is 4.68. The number of nitrogens with zero attached hydrogens (tertiary/aromatic N) is 3. The summed E-state index contributed by atoms with van der Waals surface area (Å²) >= 11 is 0. The number of aryl methyl sites for hydroxylation is 1. The van der Waals surface area contributed by atoms with E-state index < -0.39 is 5.91 Å². The first-order valence-electron chi connectivity index (χ1n) is 6.12. The van der Waals surface area contributed by atoms with Gasteiger partial charge in [0.15, 0.2) is 0 Å². The first-order valence-corrected chi connectivity index (χ1v) is 6.12. The Labute approximate surface area is 120 Å². The van der Waals surface area contributed by atoms with Crippen LogP contribution in [0.3, 0.4) is 0 Å². The van der Waals surface area contributed by atoms with Crippen LogP contribution in [0.1, 0.15) is 26.4 Å². The van der Waals surface area contributed by atoms with Gasteiger partial charge in [0.2, 0.25) is 11.5 Å². The normalized spacial score (nSPS) is 10.2. The van der Waals surface area contributed by atoms with E-state index in [4.69, 9.17) is 5.73 Å². The van der Waals surface area contributed by atoms with Crippen molar-refractivity contribution in [2.75, 3.05) is 25.1 Å². The van der Waals surface area contributed by atoms with Crippen LogP contribution in [0.15, 0.2) is 22.8 Å². The molecule has 0 radical (unpaired) electrons. The van der Waals surface area contributed by atoms with Crippen molar-refractivity contribution in [1.82, 2.24) is 15.2 Å². The van der Waals surface area contributed by atoms with Gasteiger partial charge in [-0.15, -0.1) is 0 Å². The van der Waals surface area contributed by atoms with Gasteiger partial charge in [0, 0.05) is 25.3 Å². The lowest BCUT2D eigenvalue weighted by Gasteiger charge is -2.13. The molecule has 1 aromatic carbocycles. The van der Waals surface area contributed by atoms with Crippen molar-refractivity contribution in [2.45, 2.75) is 6.92 Å². The number of anilines is 2. The Morgan fingerprint density at radius 3 is 2.57 bits per heavy atom. The third-order valence-electron chi connectivity index (χ3n) is 2.87. The smallest absolute Gasteiger partial charge is 0.281 e. The summed E-state index contributed by atoms with van der Waals surface area (Å²) in [5.41, 5.74) is 7.12. The van der Waals surface area contributed by atoms with E-state index in [0.29, 0.717) is 11.3 Å². The highest BCUT2D eigenvalue weighted by atomic mass is 16.6. The zero-order chi connectivity index (χ0) is 15.6. The number of nitrogen functional groups attached to an aromatic ring is 1. The molecule has 2 aromatic rings. The molecule has 21 heavy (non-hydrogen) atoms. The third kappa shape index (κ3) is 2.99. The summed E-state index contributed by atoms with van der Waals surface area (Å²) in [4.78, 5) is 25.4. The number of nitrogens with two attached hydrogens (primary N) is 1. The lowest BCUT2D eigenvalue weighted by molar-refractivity contribution is 0.0827. The lowest BCUT2D eigenvalue weighted by Crippen LogP contribution is -2.22. The second kappa shape index (κ2) is 5.61. The molecule has 0 bridgehead atoms. The molecule has 0 fully saturated rings. The van der Waals surface area contributed by atoms with Gasteiger partial charge in [-0.05, 0) is 34.9 Å². The van der Waals surface area contributed by atoms with E-state index in [2.05, 4.69) is 20.3 Å².